The predicted octanol–water partition coefficient (Wildman–Crippen LogP) is 4.95. The Hall–Kier alpha value is -3.82. The van der Waals surface area contributed by atoms with Gasteiger partial charge in [0.25, 0.3) is 0 Å². The number of hydrogen-bond donors (Lipinski definition) is 4. The van der Waals surface area contributed by atoms with E-state index >= 15 is 0 Å². The molecule has 9 heteroatoms. The lowest BCUT2D eigenvalue weighted by Gasteiger charge is -2.26. The number of benzene rings is 2. The number of rotatable bonds is 6. The highest BCUT2D eigenvalue weighted by Gasteiger charge is 2.22. The van der Waals surface area contributed by atoms with Gasteiger partial charge in [0.2, 0.25) is 5.95 Å². The Labute approximate surface area is 213 Å². The normalized spacial score (nSPS) is 17.7. The second-order valence-corrected chi connectivity index (χ2v) is 9.89. The number of nitrogens with two attached hydrogens (primary N) is 1. The van der Waals surface area contributed by atoms with Crippen LogP contribution in [0.1, 0.15) is 23.8 Å². The zero-order valence-corrected chi connectivity index (χ0v) is 20.5. The summed E-state index contributed by atoms with van der Waals surface area (Å²) in [6.07, 6.45) is 7.82. The predicted molar refractivity (Wildman–Crippen MR) is 146 cm³/mol. The maximum absolute atomic E-state index is 6.51. The minimum atomic E-state index is 0.124. The number of thioether (sulfide) groups is 1. The highest BCUT2D eigenvalue weighted by molar-refractivity contribution is 8.02. The zero-order chi connectivity index (χ0) is 24.3. The lowest BCUT2D eigenvalue weighted by molar-refractivity contribution is 0.161. The molecular formula is C27H27N7OS. The number of nitrogens with zero attached hydrogens (tertiary/aromatic N) is 3. The number of pyridine rings is 1. The van der Waals surface area contributed by atoms with Crippen LogP contribution in [0.5, 0.6) is 5.75 Å². The van der Waals surface area contributed by atoms with Gasteiger partial charge < -0.3 is 26.4 Å². The van der Waals surface area contributed by atoms with Gasteiger partial charge in [-0.2, -0.15) is 0 Å². The molecule has 0 aliphatic carbocycles. The molecule has 8 nitrogen and oxygen atoms in total. The SMILES string of the molecule is Nc1ccc(-c2ccc(Nc3ncc4cc(C5NC=CS5)c(OC5CCNCC5)cc4n3)cc2)cn1. The fourth-order valence-corrected chi connectivity index (χ4v) is 5.24. The second kappa shape index (κ2) is 10.0. The highest BCUT2D eigenvalue weighted by atomic mass is 32.2. The van der Waals surface area contributed by atoms with Gasteiger partial charge in [-0.1, -0.05) is 12.1 Å². The van der Waals surface area contributed by atoms with Gasteiger partial charge in [-0.15, -0.1) is 11.8 Å². The molecule has 4 aromatic rings. The van der Waals surface area contributed by atoms with Crippen LogP contribution in [0.25, 0.3) is 22.0 Å². The summed E-state index contributed by atoms with van der Waals surface area (Å²) < 4.78 is 6.51. The Morgan fingerprint density at radius 1 is 0.972 bits per heavy atom. The highest BCUT2D eigenvalue weighted by Crippen LogP contribution is 2.39. The summed E-state index contributed by atoms with van der Waals surface area (Å²) in [7, 11) is 0. The van der Waals surface area contributed by atoms with Gasteiger partial charge in [-0.05, 0) is 67.2 Å². The second-order valence-electron chi connectivity index (χ2n) is 8.87. The van der Waals surface area contributed by atoms with Crippen LogP contribution in [-0.4, -0.2) is 34.1 Å². The van der Waals surface area contributed by atoms with E-state index in [1.807, 2.05) is 42.7 Å². The van der Waals surface area contributed by atoms with Crippen LogP contribution in [0.4, 0.5) is 17.5 Å². The third-order valence-corrected chi connectivity index (χ3v) is 7.32. The molecule has 4 heterocycles. The maximum Gasteiger partial charge on any atom is 0.227 e. The van der Waals surface area contributed by atoms with E-state index < -0.39 is 0 Å². The molecule has 0 radical (unpaired) electrons. The third-order valence-electron chi connectivity index (χ3n) is 6.36. The quantitative estimate of drug-likeness (QED) is 0.294. The molecule has 0 bridgehead atoms. The fourth-order valence-electron chi connectivity index (χ4n) is 4.44. The Kier molecular flexibility index (Phi) is 6.31. The van der Waals surface area contributed by atoms with Crippen molar-refractivity contribution in [2.45, 2.75) is 24.3 Å². The van der Waals surface area contributed by atoms with Crippen LogP contribution in [0.2, 0.25) is 0 Å². The molecule has 1 unspecified atom stereocenters. The number of hydrogen-bond acceptors (Lipinski definition) is 9. The van der Waals surface area contributed by atoms with E-state index in [1.54, 1.807) is 24.0 Å². The zero-order valence-electron chi connectivity index (χ0n) is 19.6. The largest absolute Gasteiger partial charge is 0.490 e. The van der Waals surface area contributed by atoms with Crippen molar-refractivity contribution in [2.24, 2.45) is 0 Å². The van der Waals surface area contributed by atoms with Crippen molar-refractivity contribution >= 4 is 40.1 Å². The summed E-state index contributed by atoms with van der Waals surface area (Å²) in [6, 6.07) is 16.0. The van der Waals surface area contributed by atoms with Crippen LogP contribution in [0, 0.1) is 0 Å². The Morgan fingerprint density at radius 2 is 1.81 bits per heavy atom. The van der Waals surface area contributed by atoms with Gasteiger partial charge in [0.05, 0.1) is 5.52 Å². The smallest absolute Gasteiger partial charge is 0.227 e. The first-order chi connectivity index (χ1) is 17.7. The van der Waals surface area contributed by atoms with E-state index in [4.69, 9.17) is 15.5 Å². The van der Waals surface area contributed by atoms with E-state index in [2.05, 4.69) is 43.5 Å². The molecular weight excluding hydrogens is 470 g/mol. The van der Waals surface area contributed by atoms with E-state index in [1.165, 1.54) is 0 Å². The van der Waals surface area contributed by atoms with Crippen LogP contribution in [0.15, 0.2) is 72.5 Å². The topological polar surface area (TPSA) is 110 Å². The van der Waals surface area contributed by atoms with Gasteiger partial charge in [0, 0.05) is 46.9 Å². The van der Waals surface area contributed by atoms with Crippen molar-refractivity contribution in [3.8, 4) is 16.9 Å². The number of anilines is 3. The standard InChI is InChI=1S/C27H27N7OS/c28-25-6-3-18(15-31-25)17-1-4-20(5-2-17)33-27-32-16-19-13-22(26-30-11-12-36-26)24(14-23(19)34-27)35-21-7-9-29-10-8-21/h1-6,11-16,21,26,29-30H,7-10H2,(H2,28,31)(H,32,33,34). The minimum Gasteiger partial charge on any atom is -0.490 e. The summed E-state index contributed by atoms with van der Waals surface area (Å²) in [4.78, 5) is 13.5. The van der Waals surface area contributed by atoms with Crippen LogP contribution >= 0.6 is 11.8 Å². The molecule has 0 amide bonds. The summed E-state index contributed by atoms with van der Waals surface area (Å²) in [6.45, 7) is 1.96. The number of nitrogens with one attached hydrogen (secondary N) is 3. The Bertz CT molecular complexity index is 1380. The van der Waals surface area contributed by atoms with Crippen molar-refractivity contribution in [1.82, 2.24) is 25.6 Å². The molecule has 1 saturated heterocycles. The number of piperidine rings is 1. The molecule has 1 fully saturated rings. The maximum atomic E-state index is 6.51. The van der Waals surface area contributed by atoms with Crippen molar-refractivity contribution < 1.29 is 4.74 Å². The molecule has 182 valence electrons. The average molecular weight is 498 g/mol. The number of aromatic nitrogens is 3. The monoisotopic (exact) mass is 497 g/mol. The first-order valence-electron chi connectivity index (χ1n) is 12.0. The summed E-state index contributed by atoms with van der Waals surface area (Å²) >= 11 is 1.74. The van der Waals surface area contributed by atoms with E-state index in [0.717, 1.165) is 65.0 Å². The molecule has 2 aliphatic heterocycles. The van der Waals surface area contributed by atoms with Gasteiger partial charge in [0.15, 0.2) is 0 Å². The van der Waals surface area contributed by atoms with Crippen molar-refractivity contribution in [1.29, 1.82) is 0 Å². The third kappa shape index (κ3) is 4.93. The van der Waals surface area contributed by atoms with Crippen molar-refractivity contribution in [3.05, 3.63) is 78.1 Å². The van der Waals surface area contributed by atoms with Gasteiger partial charge >= 0.3 is 0 Å². The van der Waals surface area contributed by atoms with Gasteiger partial charge in [-0.25, -0.2) is 15.0 Å². The Morgan fingerprint density at radius 3 is 2.56 bits per heavy atom. The van der Waals surface area contributed by atoms with Crippen LogP contribution in [-0.2, 0) is 0 Å². The van der Waals surface area contributed by atoms with Crippen molar-refractivity contribution in [2.75, 3.05) is 24.1 Å². The lowest BCUT2D eigenvalue weighted by atomic mass is 10.1. The number of nitrogen functional groups attached to an aromatic ring is 1. The summed E-state index contributed by atoms with van der Waals surface area (Å²) in [5.41, 5.74) is 10.6. The van der Waals surface area contributed by atoms with Gasteiger partial charge in [-0.3, -0.25) is 0 Å². The van der Waals surface area contributed by atoms with Crippen LogP contribution < -0.4 is 26.4 Å². The fraction of sp³-hybridized carbons (Fsp3) is 0.222. The van der Waals surface area contributed by atoms with E-state index in [0.29, 0.717) is 11.8 Å². The summed E-state index contributed by atoms with van der Waals surface area (Å²) in [5, 5.41) is 13.3. The lowest BCUT2D eigenvalue weighted by Crippen LogP contribution is -2.34. The Balaban J connectivity index is 1.26. The molecule has 2 aromatic heterocycles. The average Bonchev–Trinajstić information content (AvgIpc) is 3.45. The molecule has 2 aliphatic rings. The molecule has 0 spiro atoms. The number of ether oxygens (including phenoxy) is 1. The molecule has 2 aromatic carbocycles. The molecule has 0 saturated carbocycles. The molecule has 6 rings (SSSR count). The molecule has 36 heavy (non-hydrogen) atoms. The van der Waals surface area contributed by atoms with Crippen molar-refractivity contribution in [3.63, 3.8) is 0 Å². The summed E-state index contributed by atoms with van der Waals surface area (Å²) in [5.74, 6) is 1.94. The van der Waals surface area contributed by atoms with E-state index in [-0.39, 0.29) is 11.5 Å². The molecule has 1 atom stereocenters. The molecule has 5 N–H and O–H groups in total. The minimum absolute atomic E-state index is 0.124. The first-order valence-corrected chi connectivity index (χ1v) is 13.0. The van der Waals surface area contributed by atoms with Gasteiger partial charge in [0.1, 0.15) is 23.0 Å². The number of fused-ring (bicyclic) bond motifs is 1. The first kappa shape index (κ1) is 22.6. The van der Waals surface area contributed by atoms with Crippen LogP contribution in [0.3, 0.4) is 0 Å². The van der Waals surface area contributed by atoms with E-state index in [9.17, 15) is 0 Å².